The van der Waals surface area contributed by atoms with E-state index in [4.69, 9.17) is 16.3 Å². The Hall–Kier alpha value is -2.96. The molecule has 0 saturated carbocycles. The molecule has 7 heteroatoms. The second-order valence-corrected chi connectivity index (χ2v) is 7.96. The molecule has 150 valence electrons. The van der Waals surface area contributed by atoms with Gasteiger partial charge >= 0.3 is 0 Å². The molecule has 0 radical (unpaired) electrons. The monoisotopic (exact) mass is 481 g/mol. The van der Waals surface area contributed by atoms with Crippen molar-refractivity contribution in [3.8, 4) is 5.75 Å². The van der Waals surface area contributed by atoms with E-state index in [2.05, 4.69) is 26.0 Å². The Bertz CT molecular complexity index is 1320. The minimum Gasteiger partial charge on any atom is -0.489 e. The fraction of sp³-hybridized carbons (Fsp3) is 0.0870. The minimum absolute atomic E-state index is 0.221. The third-order valence-electron chi connectivity index (χ3n) is 4.50. The molecule has 0 spiro atoms. The van der Waals surface area contributed by atoms with Crippen LogP contribution in [0.1, 0.15) is 17.0 Å². The van der Waals surface area contributed by atoms with Gasteiger partial charge in [0.2, 0.25) is 0 Å². The molecule has 4 aromatic rings. The summed E-state index contributed by atoms with van der Waals surface area (Å²) in [5.74, 6) is 1.20. The van der Waals surface area contributed by atoms with Crippen LogP contribution < -0.4 is 10.3 Å². The van der Waals surface area contributed by atoms with Gasteiger partial charge in [0.15, 0.2) is 0 Å². The van der Waals surface area contributed by atoms with Crippen LogP contribution in [0.2, 0.25) is 5.02 Å². The molecule has 0 unspecified atom stereocenters. The molecular formula is C23H17BrClN3O2. The summed E-state index contributed by atoms with van der Waals surface area (Å²) in [5, 5.41) is 5.52. The first-order valence-corrected chi connectivity index (χ1v) is 10.4. The van der Waals surface area contributed by atoms with Crippen LogP contribution in [0.5, 0.6) is 5.75 Å². The average Bonchev–Trinajstić information content (AvgIpc) is 2.74. The lowest BCUT2D eigenvalue weighted by atomic mass is 10.2. The van der Waals surface area contributed by atoms with E-state index in [1.165, 1.54) is 4.68 Å². The first-order valence-electron chi connectivity index (χ1n) is 9.21. The molecule has 0 N–H and O–H groups in total. The number of ether oxygens (including phenoxy) is 1. The number of nitrogens with zero attached hydrogens (tertiary/aromatic N) is 3. The van der Waals surface area contributed by atoms with Crippen molar-refractivity contribution in [2.24, 2.45) is 5.10 Å². The molecule has 4 rings (SSSR count). The molecule has 1 aromatic heterocycles. The molecule has 0 amide bonds. The van der Waals surface area contributed by atoms with Crippen LogP contribution in [0, 0.1) is 6.92 Å². The van der Waals surface area contributed by atoms with Crippen molar-refractivity contribution in [2.75, 3.05) is 0 Å². The SMILES string of the molecule is Cc1nc2ccc(Br)cc2c(=O)n1N=Cc1cccc(OCc2ccccc2Cl)c1. The van der Waals surface area contributed by atoms with Gasteiger partial charge in [-0.15, -0.1) is 0 Å². The van der Waals surface area contributed by atoms with Gasteiger partial charge in [-0.25, -0.2) is 4.98 Å². The lowest BCUT2D eigenvalue weighted by Gasteiger charge is -2.08. The van der Waals surface area contributed by atoms with Crippen molar-refractivity contribution in [1.82, 2.24) is 9.66 Å². The second-order valence-electron chi connectivity index (χ2n) is 6.63. The van der Waals surface area contributed by atoms with E-state index in [9.17, 15) is 4.79 Å². The molecule has 0 atom stereocenters. The van der Waals surface area contributed by atoms with E-state index >= 15 is 0 Å². The van der Waals surface area contributed by atoms with Crippen molar-refractivity contribution in [1.29, 1.82) is 0 Å². The molecule has 5 nitrogen and oxygen atoms in total. The number of hydrogen-bond donors (Lipinski definition) is 0. The first-order chi connectivity index (χ1) is 14.5. The number of hydrogen-bond acceptors (Lipinski definition) is 4. The highest BCUT2D eigenvalue weighted by Gasteiger charge is 2.08. The maximum atomic E-state index is 12.8. The Morgan fingerprint density at radius 2 is 1.97 bits per heavy atom. The summed E-state index contributed by atoms with van der Waals surface area (Å²) in [6.45, 7) is 2.12. The summed E-state index contributed by atoms with van der Waals surface area (Å²) < 4.78 is 7.97. The van der Waals surface area contributed by atoms with E-state index in [-0.39, 0.29) is 5.56 Å². The van der Waals surface area contributed by atoms with Gasteiger partial charge in [-0.3, -0.25) is 4.79 Å². The predicted molar refractivity (Wildman–Crippen MR) is 124 cm³/mol. The molecule has 0 bridgehead atoms. The van der Waals surface area contributed by atoms with Crippen LogP contribution >= 0.6 is 27.5 Å². The van der Waals surface area contributed by atoms with Gasteiger partial charge in [0.05, 0.1) is 17.1 Å². The maximum Gasteiger partial charge on any atom is 0.282 e. The molecular weight excluding hydrogens is 466 g/mol. The Kier molecular flexibility index (Phi) is 5.97. The zero-order valence-corrected chi connectivity index (χ0v) is 18.4. The third kappa shape index (κ3) is 4.45. The highest BCUT2D eigenvalue weighted by molar-refractivity contribution is 9.10. The minimum atomic E-state index is -0.221. The van der Waals surface area contributed by atoms with Crippen LogP contribution in [0.25, 0.3) is 10.9 Å². The first kappa shape index (κ1) is 20.3. The van der Waals surface area contributed by atoms with Crippen molar-refractivity contribution in [3.63, 3.8) is 0 Å². The number of halogens is 2. The standard InChI is InChI=1S/C23H17BrClN3O2/c1-15-27-22-10-9-18(24)12-20(22)23(29)28(15)26-13-16-5-4-7-19(11-16)30-14-17-6-2-3-8-21(17)25/h2-13H,14H2,1H3. The Morgan fingerprint density at radius 3 is 2.80 bits per heavy atom. The predicted octanol–water partition coefficient (Wildman–Crippen LogP) is 5.58. The fourth-order valence-corrected chi connectivity index (χ4v) is 3.53. The normalized spacial score (nSPS) is 11.3. The van der Waals surface area contributed by atoms with E-state index < -0.39 is 0 Å². The molecule has 0 fully saturated rings. The maximum absolute atomic E-state index is 12.8. The van der Waals surface area contributed by atoms with Crippen LogP contribution in [0.4, 0.5) is 0 Å². The Labute approximate surface area is 186 Å². The highest BCUT2D eigenvalue weighted by atomic mass is 79.9. The van der Waals surface area contributed by atoms with Gasteiger partial charge in [-0.1, -0.05) is 57.9 Å². The van der Waals surface area contributed by atoms with Gasteiger partial charge in [-0.2, -0.15) is 9.78 Å². The van der Waals surface area contributed by atoms with Crippen molar-refractivity contribution in [2.45, 2.75) is 13.5 Å². The van der Waals surface area contributed by atoms with Crippen molar-refractivity contribution in [3.05, 3.63) is 104 Å². The molecule has 1 heterocycles. The summed E-state index contributed by atoms with van der Waals surface area (Å²) in [5.41, 5.74) is 2.13. The molecule has 30 heavy (non-hydrogen) atoms. The molecule has 3 aromatic carbocycles. The van der Waals surface area contributed by atoms with E-state index in [1.54, 1.807) is 19.2 Å². The second kappa shape index (κ2) is 8.81. The third-order valence-corrected chi connectivity index (χ3v) is 5.36. The molecule has 0 aliphatic rings. The quantitative estimate of drug-likeness (QED) is 0.349. The summed E-state index contributed by atoms with van der Waals surface area (Å²) in [6, 6.07) is 20.4. The smallest absolute Gasteiger partial charge is 0.282 e. The summed E-state index contributed by atoms with van der Waals surface area (Å²) >= 11 is 9.57. The molecule has 0 aliphatic carbocycles. The van der Waals surface area contributed by atoms with Gasteiger partial charge in [0, 0.05) is 15.1 Å². The van der Waals surface area contributed by atoms with E-state index in [0.29, 0.717) is 34.1 Å². The van der Waals surface area contributed by atoms with E-state index in [0.717, 1.165) is 15.6 Å². The van der Waals surface area contributed by atoms with Crippen LogP contribution in [0.3, 0.4) is 0 Å². The Balaban J connectivity index is 1.58. The van der Waals surface area contributed by atoms with Crippen molar-refractivity contribution >= 4 is 44.6 Å². The number of aryl methyl sites for hydroxylation is 1. The molecule has 0 saturated heterocycles. The average molecular weight is 483 g/mol. The summed E-state index contributed by atoms with van der Waals surface area (Å²) in [6.07, 6.45) is 1.61. The highest BCUT2D eigenvalue weighted by Crippen LogP contribution is 2.19. The van der Waals surface area contributed by atoms with Gasteiger partial charge < -0.3 is 4.74 Å². The van der Waals surface area contributed by atoms with Crippen LogP contribution in [-0.2, 0) is 6.61 Å². The summed E-state index contributed by atoms with van der Waals surface area (Å²) in [7, 11) is 0. The summed E-state index contributed by atoms with van der Waals surface area (Å²) in [4.78, 5) is 17.3. The number of aromatic nitrogens is 2. The van der Waals surface area contributed by atoms with Gasteiger partial charge in [-0.05, 0) is 48.9 Å². The lowest BCUT2D eigenvalue weighted by Crippen LogP contribution is -2.20. The van der Waals surface area contributed by atoms with Crippen LogP contribution in [0.15, 0.2) is 81.1 Å². The lowest BCUT2D eigenvalue weighted by molar-refractivity contribution is 0.306. The van der Waals surface area contributed by atoms with Crippen molar-refractivity contribution < 1.29 is 4.74 Å². The topological polar surface area (TPSA) is 56.5 Å². The number of rotatable bonds is 5. The number of benzene rings is 3. The van der Waals surface area contributed by atoms with Crippen LogP contribution in [-0.4, -0.2) is 15.9 Å². The number of fused-ring (bicyclic) bond motifs is 1. The largest absolute Gasteiger partial charge is 0.489 e. The zero-order chi connectivity index (χ0) is 21.1. The van der Waals surface area contributed by atoms with Gasteiger partial charge in [0.25, 0.3) is 5.56 Å². The fourth-order valence-electron chi connectivity index (χ4n) is 2.98. The zero-order valence-electron chi connectivity index (χ0n) is 16.0. The van der Waals surface area contributed by atoms with Gasteiger partial charge in [0.1, 0.15) is 18.2 Å². The molecule has 0 aliphatic heterocycles. The Morgan fingerprint density at radius 1 is 1.13 bits per heavy atom. The van der Waals surface area contributed by atoms with E-state index in [1.807, 2.05) is 60.7 Å².